The van der Waals surface area contributed by atoms with Gasteiger partial charge in [-0.2, -0.15) is 0 Å². The summed E-state index contributed by atoms with van der Waals surface area (Å²) in [5, 5.41) is 16.4. The molecule has 0 saturated heterocycles. The lowest BCUT2D eigenvalue weighted by Crippen LogP contribution is -2.43. The molecule has 2 fully saturated rings. The summed E-state index contributed by atoms with van der Waals surface area (Å²) in [5.41, 5.74) is 0.218. The van der Waals surface area contributed by atoms with Crippen molar-refractivity contribution in [1.29, 1.82) is 0 Å². The molecule has 26 heavy (non-hydrogen) atoms. The number of nitrogens with zero attached hydrogens (tertiary/aromatic N) is 2. The Morgan fingerprint density at radius 1 is 1.12 bits per heavy atom. The summed E-state index contributed by atoms with van der Waals surface area (Å²) in [5.74, 6) is 0.935. The Balaban J connectivity index is 0.00000338. The average molecular weight is 480 g/mol. The molecule has 0 amide bonds. The van der Waals surface area contributed by atoms with Crippen LogP contribution in [-0.4, -0.2) is 61.8 Å². The van der Waals surface area contributed by atoms with Crippen LogP contribution in [0.25, 0.3) is 0 Å². The maximum atomic E-state index is 9.47. The topological polar surface area (TPSA) is 59.9 Å². The van der Waals surface area contributed by atoms with Gasteiger partial charge in [0, 0.05) is 38.8 Å². The van der Waals surface area contributed by atoms with E-state index in [1.54, 1.807) is 0 Å². The van der Waals surface area contributed by atoms with E-state index in [9.17, 15) is 5.11 Å². The summed E-state index contributed by atoms with van der Waals surface area (Å²) in [4.78, 5) is 7.39. The van der Waals surface area contributed by atoms with E-state index in [4.69, 9.17) is 4.99 Å². The minimum Gasteiger partial charge on any atom is -0.396 e. The summed E-state index contributed by atoms with van der Waals surface area (Å²) in [7, 11) is 2.25. The minimum atomic E-state index is 0. The van der Waals surface area contributed by atoms with E-state index in [0.717, 1.165) is 44.6 Å². The number of halogens is 1. The van der Waals surface area contributed by atoms with Gasteiger partial charge in [-0.15, -0.1) is 24.0 Å². The van der Waals surface area contributed by atoms with E-state index >= 15 is 0 Å². The summed E-state index contributed by atoms with van der Waals surface area (Å²) in [6.07, 6.45) is 12.7. The molecule has 2 rings (SSSR count). The average Bonchev–Trinajstić information content (AvgIpc) is 3.15. The number of rotatable bonds is 9. The van der Waals surface area contributed by atoms with Gasteiger partial charge in [-0.1, -0.05) is 32.1 Å². The second-order valence-corrected chi connectivity index (χ2v) is 8.08. The minimum absolute atomic E-state index is 0. The fraction of sp³-hybridized carbons (Fsp3) is 0.950. The van der Waals surface area contributed by atoms with Crippen molar-refractivity contribution in [2.45, 2.75) is 77.2 Å². The van der Waals surface area contributed by atoms with Gasteiger partial charge in [-0.05, 0) is 51.5 Å². The third-order valence-electron chi connectivity index (χ3n) is 6.18. The van der Waals surface area contributed by atoms with Crippen LogP contribution in [0.2, 0.25) is 0 Å². The largest absolute Gasteiger partial charge is 0.396 e. The van der Waals surface area contributed by atoms with Crippen molar-refractivity contribution < 1.29 is 5.11 Å². The molecule has 2 aliphatic carbocycles. The van der Waals surface area contributed by atoms with Crippen LogP contribution in [0.15, 0.2) is 4.99 Å². The van der Waals surface area contributed by atoms with Crippen molar-refractivity contribution in [3.05, 3.63) is 0 Å². The molecule has 6 heteroatoms. The summed E-state index contributed by atoms with van der Waals surface area (Å²) in [6.45, 7) is 6.12. The van der Waals surface area contributed by atoms with Crippen LogP contribution in [-0.2, 0) is 0 Å². The molecule has 0 radical (unpaired) electrons. The van der Waals surface area contributed by atoms with Crippen molar-refractivity contribution in [3.8, 4) is 0 Å². The number of nitrogens with one attached hydrogen (secondary N) is 2. The fourth-order valence-corrected chi connectivity index (χ4v) is 4.49. The molecular weight excluding hydrogens is 439 g/mol. The molecule has 0 unspecified atom stereocenters. The molecule has 0 atom stereocenters. The number of hydrogen-bond donors (Lipinski definition) is 3. The van der Waals surface area contributed by atoms with E-state index in [1.165, 1.54) is 57.8 Å². The maximum absolute atomic E-state index is 9.47. The van der Waals surface area contributed by atoms with Gasteiger partial charge < -0.3 is 20.6 Å². The van der Waals surface area contributed by atoms with Crippen LogP contribution in [0.3, 0.4) is 0 Å². The molecule has 0 aromatic rings. The smallest absolute Gasteiger partial charge is 0.191 e. The van der Waals surface area contributed by atoms with Crippen molar-refractivity contribution in [2.24, 2.45) is 10.4 Å². The quantitative estimate of drug-likeness (QED) is 0.269. The molecule has 2 aliphatic rings. The van der Waals surface area contributed by atoms with Gasteiger partial charge in [0.15, 0.2) is 5.96 Å². The second kappa shape index (κ2) is 13.2. The van der Waals surface area contributed by atoms with E-state index in [0.29, 0.717) is 0 Å². The van der Waals surface area contributed by atoms with Crippen LogP contribution in [0.5, 0.6) is 0 Å². The molecule has 2 saturated carbocycles. The van der Waals surface area contributed by atoms with Crippen LogP contribution in [0.4, 0.5) is 0 Å². The molecule has 0 aromatic heterocycles. The van der Waals surface area contributed by atoms with Gasteiger partial charge in [0.1, 0.15) is 0 Å². The highest BCUT2D eigenvalue weighted by atomic mass is 127. The Labute approximate surface area is 177 Å². The first-order chi connectivity index (χ1) is 12.2. The zero-order chi connectivity index (χ0) is 18.0. The number of aliphatic imine (C=N–C) groups is 1. The second-order valence-electron chi connectivity index (χ2n) is 8.08. The van der Waals surface area contributed by atoms with Gasteiger partial charge in [-0.3, -0.25) is 4.99 Å². The van der Waals surface area contributed by atoms with Crippen LogP contribution >= 0.6 is 24.0 Å². The standard InChI is InChI=1S/C20H40N4O.HI/c1-3-21-19(22-14-15-24(2)18-9-5-6-10-18)23-17-20(13-16-25)11-7-4-8-12-20;/h18,25H,3-17H2,1-2H3,(H2,21,22,23);1H. The first kappa shape index (κ1) is 24.0. The molecule has 0 bridgehead atoms. The van der Waals surface area contributed by atoms with Crippen molar-refractivity contribution in [2.75, 3.05) is 39.8 Å². The first-order valence-corrected chi connectivity index (χ1v) is 10.5. The van der Waals surface area contributed by atoms with Crippen molar-refractivity contribution in [1.82, 2.24) is 15.5 Å². The monoisotopic (exact) mass is 480 g/mol. The van der Waals surface area contributed by atoms with E-state index < -0.39 is 0 Å². The van der Waals surface area contributed by atoms with Crippen LogP contribution in [0, 0.1) is 5.41 Å². The van der Waals surface area contributed by atoms with Crippen molar-refractivity contribution >= 4 is 29.9 Å². The third kappa shape index (κ3) is 7.89. The molecule has 0 heterocycles. The Morgan fingerprint density at radius 2 is 1.81 bits per heavy atom. The number of hydrogen-bond acceptors (Lipinski definition) is 3. The molecule has 0 aliphatic heterocycles. The summed E-state index contributed by atoms with van der Waals surface area (Å²) < 4.78 is 0. The molecule has 0 spiro atoms. The Bertz CT molecular complexity index is 388. The van der Waals surface area contributed by atoms with Crippen LogP contribution in [0.1, 0.15) is 71.1 Å². The Hall–Kier alpha value is -0.0800. The highest BCUT2D eigenvalue weighted by Gasteiger charge is 2.31. The molecule has 154 valence electrons. The number of likely N-dealkylation sites (N-methyl/N-ethyl adjacent to an activating group) is 1. The first-order valence-electron chi connectivity index (χ1n) is 10.5. The summed E-state index contributed by atoms with van der Waals surface area (Å²) in [6, 6.07) is 0.774. The lowest BCUT2D eigenvalue weighted by atomic mass is 9.72. The van der Waals surface area contributed by atoms with Crippen LogP contribution < -0.4 is 10.6 Å². The maximum Gasteiger partial charge on any atom is 0.191 e. The molecule has 0 aromatic carbocycles. The Kier molecular flexibility index (Phi) is 12.1. The van der Waals surface area contributed by atoms with Crippen molar-refractivity contribution in [3.63, 3.8) is 0 Å². The Morgan fingerprint density at radius 3 is 2.42 bits per heavy atom. The molecule has 5 nitrogen and oxygen atoms in total. The van der Waals surface area contributed by atoms with Gasteiger partial charge in [-0.25, -0.2) is 0 Å². The van der Waals surface area contributed by atoms with Gasteiger partial charge >= 0.3 is 0 Å². The van der Waals surface area contributed by atoms with E-state index in [-0.39, 0.29) is 36.0 Å². The number of aliphatic hydroxyl groups excluding tert-OH is 1. The fourth-order valence-electron chi connectivity index (χ4n) is 4.49. The SMILES string of the molecule is CCNC(=NCC1(CCO)CCCCC1)NCCN(C)C1CCCC1.I. The lowest BCUT2D eigenvalue weighted by Gasteiger charge is -2.35. The third-order valence-corrected chi connectivity index (χ3v) is 6.18. The number of guanidine groups is 1. The lowest BCUT2D eigenvalue weighted by molar-refractivity contribution is 0.137. The predicted octanol–water partition coefficient (Wildman–Crippen LogP) is 3.37. The highest BCUT2D eigenvalue weighted by molar-refractivity contribution is 14.0. The van der Waals surface area contributed by atoms with Gasteiger partial charge in [0.2, 0.25) is 0 Å². The predicted molar refractivity (Wildman–Crippen MR) is 122 cm³/mol. The van der Waals surface area contributed by atoms with Gasteiger partial charge in [0.25, 0.3) is 0 Å². The molecule has 3 N–H and O–H groups in total. The van der Waals surface area contributed by atoms with Gasteiger partial charge in [0.05, 0.1) is 0 Å². The normalized spacial score (nSPS) is 20.8. The highest BCUT2D eigenvalue weighted by Crippen LogP contribution is 2.39. The van der Waals surface area contributed by atoms with E-state index in [2.05, 4.69) is 29.5 Å². The summed E-state index contributed by atoms with van der Waals surface area (Å²) >= 11 is 0. The zero-order valence-electron chi connectivity index (χ0n) is 16.9. The zero-order valence-corrected chi connectivity index (χ0v) is 19.3. The van der Waals surface area contributed by atoms with E-state index in [1.807, 2.05) is 0 Å². The molecular formula is C20H41IN4O. The number of aliphatic hydroxyl groups is 1.